The Morgan fingerprint density at radius 3 is 2.60 bits per heavy atom. The number of rotatable bonds is 4. The fraction of sp³-hybridized carbons (Fsp3) is 0.556. The van der Waals surface area contributed by atoms with Gasteiger partial charge in [0.05, 0.1) is 23.0 Å². The topological polar surface area (TPSA) is 64.3 Å². The largest absolute Gasteiger partial charge is 0.480 e. The Morgan fingerprint density at radius 2 is 2.27 bits per heavy atom. The van der Waals surface area contributed by atoms with Crippen molar-refractivity contribution in [2.75, 3.05) is 13.7 Å². The van der Waals surface area contributed by atoms with Gasteiger partial charge in [0.2, 0.25) is 0 Å². The summed E-state index contributed by atoms with van der Waals surface area (Å²) in [7, 11) is 1.45. The van der Waals surface area contributed by atoms with E-state index in [0.29, 0.717) is 16.4 Å². The lowest BCUT2D eigenvalue weighted by molar-refractivity contribution is -0.143. The molecule has 0 bridgehead atoms. The Balaban J connectivity index is 3.11. The first-order chi connectivity index (χ1) is 6.99. The highest BCUT2D eigenvalue weighted by Crippen LogP contribution is 2.22. The molecule has 0 spiro atoms. The molecule has 1 N–H and O–H groups in total. The van der Waals surface area contributed by atoms with Gasteiger partial charge in [-0.1, -0.05) is 11.6 Å². The number of aromatic nitrogens is 2. The van der Waals surface area contributed by atoms with Gasteiger partial charge in [-0.15, -0.1) is 0 Å². The third kappa shape index (κ3) is 2.30. The Bertz CT molecular complexity index is 376. The number of carboxylic acids is 1. The Hall–Kier alpha value is -1.07. The van der Waals surface area contributed by atoms with Crippen LogP contribution in [0.15, 0.2) is 0 Å². The number of aryl methyl sites for hydroxylation is 1. The van der Waals surface area contributed by atoms with Crippen molar-refractivity contribution in [3.05, 3.63) is 16.4 Å². The third-order valence-electron chi connectivity index (χ3n) is 2.14. The zero-order valence-corrected chi connectivity index (χ0v) is 9.58. The third-order valence-corrected chi connectivity index (χ3v) is 2.69. The fourth-order valence-corrected chi connectivity index (χ4v) is 1.48. The van der Waals surface area contributed by atoms with Gasteiger partial charge in [0, 0.05) is 7.11 Å². The van der Waals surface area contributed by atoms with E-state index in [1.165, 1.54) is 11.8 Å². The summed E-state index contributed by atoms with van der Waals surface area (Å²) in [5, 5.41) is 13.6. The normalized spacial score (nSPS) is 12.8. The molecular formula is C9H13ClN2O3. The number of hydrogen-bond donors (Lipinski definition) is 1. The molecule has 0 aliphatic rings. The predicted octanol–water partition coefficient (Wildman–Crippen LogP) is 1.43. The number of carboxylic acid groups (broad SMARTS) is 1. The van der Waals surface area contributed by atoms with Crippen molar-refractivity contribution in [3.8, 4) is 0 Å². The van der Waals surface area contributed by atoms with Crippen molar-refractivity contribution in [2.24, 2.45) is 0 Å². The molecule has 1 aromatic rings. The molecule has 6 heteroatoms. The van der Waals surface area contributed by atoms with Gasteiger partial charge in [-0.25, -0.2) is 4.79 Å². The molecule has 0 fully saturated rings. The Morgan fingerprint density at radius 1 is 1.67 bits per heavy atom. The number of ether oxygens (including phenoxy) is 1. The van der Waals surface area contributed by atoms with Crippen LogP contribution in [0.3, 0.4) is 0 Å². The Labute approximate surface area is 92.6 Å². The minimum absolute atomic E-state index is 0.0631. The Kier molecular flexibility index (Phi) is 3.71. The van der Waals surface area contributed by atoms with E-state index in [4.69, 9.17) is 21.4 Å². The van der Waals surface area contributed by atoms with Crippen molar-refractivity contribution in [2.45, 2.75) is 19.9 Å². The molecule has 0 saturated heterocycles. The first kappa shape index (κ1) is 12.0. The van der Waals surface area contributed by atoms with E-state index in [9.17, 15) is 4.79 Å². The maximum atomic E-state index is 11.0. The van der Waals surface area contributed by atoms with Crippen molar-refractivity contribution in [1.82, 2.24) is 9.78 Å². The van der Waals surface area contributed by atoms with Gasteiger partial charge in [0.25, 0.3) is 0 Å². The molecule has 0 aliphatic carbocycles. The van der Waals surface area contributed by atoms with Gasteiger partial charge in [0.15, 0.2) is 6.04 Å². The second kappa shape index (κ2) is 4.63. The lowest BCUT2D eigenvalue weighted by atomic mass is 10.3. The summed E-state index contributed by atoms with van der Waals surface area (Å²) in [5.74, 6) is -0.987. The number of halogens is 1. The van der Waals surface area contributed by atoms with Crippen LogP contribution in [0.1, 0.15) is 17.4 Å². The maximum Gasteiger partial charge on any atom is 0.330 e. The van der Waals surface area contributed by atoms with E-state index in [2.05, 4.69) is 5.10 Å². The summed E-state index contributed by atoms with van der Waals surface area (Å²) in [6, 6.07) is -0.832. The smallest absolute Gasteiger partial charge is 0.330 e. The lowest BCUT2D eigenvalue weighted by Crippen LogP contribution is -2.25. The van der Waals surface area contributed by atoms with E-state index >= 15 is 0 Å². The molecule has 15 heavy (non-hydrogen) atoms. The van der Waals surface area contributed by atoms with E-state index in [1.807, 2.05) is 0 Å². The van der Waals surface area contributed by atoms with Crippen molar-refractivity contribution in [3.63, 3.8) is 0 Å². The van der Waals surface area contributed by atoms with Crippen molar-refractivity contribution >= 4 is 17.6 Å². The molecule has 84 valence electrons. The number of methoxy groups -OCH3 is 1. The molecule has 1 aromatic heterocycles. The monoisotopic (exact) mass is 232 g/mol. The average molecular weight is 233 g/mol. The zero-order chi connectivity index (χ0) is 11.6. The van der Waals surface area contributed by atoms with Crippen LogP contribution in [0, 0.1) is 13.8 Å². The highest BCUT2D eigenvalue weighted by molar-refractivity contribution is 6.31. The lowest BCUT2D eigenvalue weighted by Gasteiger charge is -2.13. The predicted molar refractivity (Wildman–Crippen MR) is 55.3 cm³/mol. The molecule has 1 rings (SSSR count). The zero-order valence-electron chi connectivity index (χ0n) is 8.82. The van der Waals surface area contributed by atoms with E-state index in [0.717, 1.165) is 0 Å². The van der Waals surface area contributed by atoms with Gasteiger partial charge in [-0.2, -0.15) is 5.10 Å². The summed E-state index contributed by atoms with van der Waals surface area (Å²) in [4.78, 5) is 11.0. The van der Waals surface area contributed by atoms with Crippen molar-refractivity contribution in [1.29, 1.82) is 0 Å². The number of aliphatic carboxylic acids is 1. The minimum atomic E-state index is -0.987. The quantitative estimate of drug-likeness (QED) is 0.853. The molecular weight excluding hydrogens is 220 g/mol. The fourth-order valence-electron chi connectivity index (χ4n) is 1.35. The second-order valence-electron chi connectivity index (χ2n) is 3.24. The van der Waals surface area contributed by atoms with Gasteiger partial charge in [-0.3, -0.25) is 4.68 Å². The molecule has 0 radical (unpaired) electrons. The average Bonchev–Trinajstić information content (AvgIpc) is 2.42. The summed E-state index contributed by atoms with van der Waals surface area (Å²) in [6.07, 6.45) is 0. The van der Waals surface area contributed by atoms with Gasteiger partial charge in [0.1, 0.15) is 0 Å². The molecule has 0 aromatic carbocycles. The standard InChI is InChI=1S/C9H13ClN2O3/c1-5-8(10)6(2)12(11-5)7(4-15-3)9(13)14/h7H,4H2,1-3H3,(H,13,14). The number of hydrogen-bond acceptors (Lipinski definition) is 3. The molecule has 1 unspecified atom stereocenters. The van der Waals surface area contributed by atoms with Crippen LogP contribution in [-0.4, -0.2) is 34.6 Å². The maximum absolute atomic E-state index is 11.0. The van der Waals surface area contributed by atoms with Gasteiger partial charge in [-0.05, 0) is 13.8 Å². The van der Waals surface area contributed by atoms with Crippen LogP contribution in [0.25, 0.3) is 0 Å². The van der Waals surface area contributed by atoms with Gasteiger partial charge >= 0.3 is 5.97 Å². The van der Waals surface area contributed by atoms with E-state index in [-0.39, 0.29) is 6.61 Å². The first-order valence-corrected chi connectivity index (χ1v) is 4.79. The summed E-state index contributed by atoms with van der Waals surface area (Å²) < 4.78 is 6.22. The second-order valence-corrected chi connectivity index (χ2v) is 3.62. The van der Waals surface area contributed by atoms with E-state index in [1.54, 1.807) is 13.8 Å². The molecule has 0 amide bonds. The van der Waals surface area contributed by atoms with Crippen LogP contribution in [0.4, 0.5) is 0 Å². The van der Waals surface area contributed by atoms with Crippen LogP contribution < -0.4 is 0 Å². The SMILES string of the molecule is COCC(C(=O)O)n1nc(C)c(Cl)c1C. The molecule has 0 saturated carbocycles. The minimum Gasteiger partial charge on any atom is -0.480 e. The summed E-state index contributed by atoms with van der Waals surface area (Å²) in [6.45, 7) is 3.53. The van der Waals surface area contributed by atoms with Crippen molar-refractivity contribution < 1.29 is 14.6 Å². The van der Waals surface area contributed by atoms with Crippen LogP contribution in [0.2, 0.25) is 5.02 Å². The van der Waals surface area contributed by atoms with Crippen LogP contribution in [-0.2, 0) is 9.53 Å². The summed E-state index contributed by atoms with van der Waals surface area (Å²) >= 11 is 5.93. The highest BCUT2D eigenvalue weighted by atomic mass is 35.5. The van der Waals surface area contributed by atoms with E-state index < -0.39 is 12.0 Å². The molecule has 1 atom stereocenters. The number of nitrogens with zero attached hydrogens (tertiary/aromatic N) is 2. The first-order valence-electron chi connectivity index (χ1n) is 4.42. The van der Waals surface area contributed by atoms with Crippen LogP contribution >= 0.6 is 11.6 Å². The molecule has 0 aliphatic heterocycles. The van der Waals surface area contributed by atoms with Gasteiger partial charge < -0.3 is 9.84 Å². The summed E-state index contributed by atoms with van der Waals surface area (Å²) in [5.41, 5.74) is 1.26. The number of carbonyl (C=O) groups is 1. The molecule has 5 nitrogen and oxygen atoms in total. The highest BCUT2D eigenvalue weighted by Gasteiger charge is 2.24. The molecule has 1 heterocycles. The van der Waals surface area contributed by atoms with Crippen LogP contribution in [0.5, 0.6) is 0 Å².